The molecule has 2 aromatic carbocycles. The molecule has 3 aliphatic rings. The van der Waals surface area contributed by atoms with Gasteiger partial charge in [0.05, 0.1) is 13.2 Å². The summed E-state index contributed by atoms with van der Waals surface area (Å²) in [5.41, 5.74) is 3.43. The minimum atomic E-state index is -1.04. The number of rotatable bonds is 3. The predicted octanol–water partition coefficient (Wildman–Crippen LogP) is 3.67. The molecule has 2 N–H and O–H groups in total. The van der Waals surface area contributed by atoms with Crippen LogP contribution in [0, 0.1) is 0 Å². The summed E-state index contributed by atoms with van der Waals surface area (Å²) in [7, 11) is 0. The minimum absolute atomic E-state index is 0.000837. The zero-order chi connectivity index (χ0) is 23.2. The Labute approximate surface area is 192 Å². The molecule has 3 aliphatic heterocycles. The van der Waals surface area contributed by atoms with Gasteiger partial charge < -0.3 is 29.5 Å². The van der Waals surface area contributed by atoms with Crippen LogP contribution in [0.2, 0.25) is 0 Å². The van der Waals surface area contributed by atoms with E-state index in [9.17, 15) is 9.59 Å². The zero-order valence-corrected chi connectivity index (χ0v) is 18.8. The van der Waals surface area contributed by atoms with Gasteiger partial charge in [0.1, 0.15) is 11.5 Å². The maximum Gasteiger partial charge on any atom is 0.404 e. The van der Waals surface area contributed by atoms with Crippen LogP contribution in [0.15, 0.2) is 36.4 Å². The lowest BCUT2D eigenvalue weighted by molar-refractivity contribution is -0.180. The monoisotopic (exact) mass is 452 g/mol. The molecule has 0 aliphatic carbocycles. The Kier molecular flexibility index (Phi) is 5.20. The lowest BCUT2D eigenvalue weighted by Gasteiger charge is -2.39. The van der Waals surface area contributed by atoms with Crippen molar-refractivity contribution in [2.24, 2.45) is 0 Å². The number of nitrogens with one attached hydrogen (secondary N) is 1. The number of carboxylic acid groups (broad SMARTS) is 1. The summed E-state index contributed by atoms with van der Waals surface area (Å²) in [6, 6.07) is 11.4. The van der Waals surface area contributed by atoms with Gasteiger partial charge in [0, 0.05) is 55.6 Å². The Morgan fingerprint density at radius 2 is 1.88 bits per heavy atom. The first-order chi connectivity index (χ1) is 15.7. The molecule has 0 unspecified atom stereocenters. The van der Waals surface area contributed by atoms with Crippen molar-refractivity contribution < 1.29 is 28.9 Å². The second-order valence-electron chi connectivity index (χ2n) is 9.46. The average molecular weight is 453 g/mol. The van der Waals surface area contributed by atoms with Crippen molar-refractivity contribution in [1.82, 2.24) is 10.2 Å². The van der Waals surface area contributed by atoms with Gasteiger partial charge in [0.2, 0.25) is 5.79 Å². The molecule has 0 atom stereocenters. The third-order valence-corrected chi connectivity index (χ3v) is 6.82. The van der Waals surface area contributed by atoms with Crippen LogP contribution in [0.25, 0.3) is 0 Å². The molecule has 8 heteroatoms. The van der Waals surface area contributed by atoms with E-state index in [1.807, 2.05) is 55.1 Å². The summed E-state index contributed by atoms with van der Waals surface area (Å²) >= 11 is 0. The number of likely N-dealkylation sites (tertiary alicyclic amines) is 1. The SMILES string of the molecule is CC1(C)OCc2ccc(C(=O)N3CCC4(CC3)COc3ccc(CNC(=O)O)cc34)cc2O1. The fourth-order valence-electron chi connectivity index (χ4n) is 4.88. The highest BCUT2D eigenvalue weighted by Crippen LogP contribution is 2.46. The third kappa shape index (κ3) is 4.11. The van der Waals surface area contributed by atoms with Crippen molar-refractivity contribution >= 4 is 12.0 Å². The smallest absolute Gasteiger partial charge is 0.404 e. The number of hydrogen-bond donors (Lipinski definition) is 2. The number of benzene rings is 2. The molecule has 0 radical (unpaired) electrons. The van der Waals surface area contributed by atoms with Crippen LogP contribution < -0.4 is 14.8 Å². The first-order valence-corrected chi connectivity index (χ1v) is 11.2. The predicted molar refractivity (Wildman–Crippen MR) is 120 cm³/mol. The number of nitrogens with zero attached hydrogens (tertiary/aromatic N) is 1. The van der Waals surface area contributed by atoms with Crippen LogP contribution in [0.3, 0.4) is 0 Å². The topological polar surface area (TPSA) is 97.3 Å². The van der Waals surface area contributed by atoms with E-state index in [2.05, 4.69) is 5.32 Å². The maximum atomic E-state index is 13.2. The van der Waals surface area contributed by atoms with Crippen molar-refractivity contribution in [1.29, 1.82) is 0 Å². The van der Waals surface area contributed by atoms with Crippen molar-refractivity contribution in [3.8, 4) is 11.5 Å². The molecule has 0 saturated carbocycles. The fourth-order valence-corrected chi connectivity index (χ4v) is 4.88. The Bertz CT molecular complexity index is 1100. The van der Waals surface area contributed by atoms with Crippen molar-refractivity contribution in [2.75, 3.05) is 19.7 Å². The third-order valence-electron chi connectivity index (χ3n) is 6.82. The van der Waals surface area contributed by atoms with Crippen LogP contribution in [0.4, 0.5) is 4.79 Å². The lowest BCUT2D eigenvalue weighted by atomic mass is 9.74. The Balaban J connectivity index is 1.29. The van der Waals surface area contributed by atoms with E-state index in [0.717, 1.165) is 35.3 Å². The molecular formula is C25H28N2O6. The molecule has 1 saturated heterocycles. The van der Waals surface area contributed by atoms with E-state index in [0.29, 0.717) is 37.6 Å². The van der Waals surface area contributed by atoms with Gasteiger partial charge in [-0.2, -0.15) is 0 Å². The molecule has 3 heterocycles. The number of carbonyl (C=O) groups excluding carboxylic acids is 1. The number of ether oxygens (including phenoxy) is 3. The standard InChI is InChI=1S/C25H28N2O6/c1-24(2)32-14-18-5-4-17(12-21(18)33-24)22(28)27-9-7-25(8-10-27)15-31-20-6-3-16(11-19(20)25)13-26-23(29)30/h3-6,11-12,26H,7-10,13-15H2,1-2H3,(H,29,30). The van der Waals surface area contributed by atoms with Gasteiger partial charge in [-0.25, -0.2) is 4.79 Å². The number of hydrogen-bond acceptors (Lipinski definition) is 5. The quantitative estimate of drug-likeness (QED) is 0.738. The number of piperidine rings is 1. The molecule has 0 aromatic heterocycles. The van der Waals surface area contributed by atoms with Gasteiger partial charge in [-0.05, 0) is 42.7 Å². The van der Waals surface area contributed by atoms with Gasteiger partial charge in [-0.15, -0.1) is 0 Å². The van der Waals surface area contributed by atoms with E-state index >= 15 is 0 Å². The summed E-state index contributed by atoms with van der Waals surface area (Å²) in [5.74, 6) is 0.844. The molecule has 2 aromatic rings. The molecule has 5 rings (SSSR count). The fraction of sp³-hybridized carbons (Fsp3) is 0.440. The molecule has 1 spiro atoms. The first kappa shape index (κ1) is 21.6. The number of carbonyl (C=O) groups is 2. The molecule has 2 amide bonds. The van der Waals surface area contributed by atoms with Crippen molar-refractivity contribution in [2.45, 2.75) is 51.0 Å². The Morgan fingerprint density at radius 1 is 1.09 bits per heavy atom. The molecule has 8 nitrogen and oxygen atoms in total. The molecule has 174 valence electrons. The van der Waals surface area contributed by atoms with Crippen molar-refractivity contribution in [3.05, 3.63) is 58.7 Å². The van der Waals surface area contributed by atoms with Crippen LogP contribution in [0.1, 0.15) is 53.7 Å². The average Bonchev–Trinajstić information content (AvgIpc) is 3.14. The highest BCUT2D eigenvalue weighted by atomic mass is 16.7. The summed E-state index contributed by atoms with van der Waals surface area (Å²) in [4.78, 5) is 26.0. The summed E-state index contributed by atoms with van der Waals surface area (Å²) in [6.07, 6.45) is 0.547. The molecule has 1 fully saturated rings. The minimum Gasteiger partial charge on any atom is -0.492 e. The molecule has 33 heavy (non-hydrogen) atoms. The Hall–Kier alpha value is -3.26. The molecular weight excluding hydrogens is 424 g/mol. The number of fused-ring (bicyclic) bond motifs is 3. The highest BCUT2D eigenvalue weighted by molar-refractivity contribution is 5.95. The van der Waals surface area contributed by atoms with Crippen LogP contribution >= 0.6 is 0 Å². The van der Waals surface area contributed by atoms with E-state index in [-0.39, 0.29) is 17.9 Å². The maximum absolute atomic E-state index is 13.2. The zero-order valence-electron chi connectivity index (χ0n) is 18.8. The van der Waals surface area contributed by atoms with Gasteiger partial charge in [0.15, 0.2) is 0 Å². The normalized spacial score (nSPS) is 19.8. The second-order valence-corrected chi connectivity index (χ2v) is 9.46. The van der Waals surface area contributed by atoms with Crippen LogP contribution in [-0.4, -0.2) is 47.5 Å². The van der Waals surface area contributed by atoms with Gasteiger partial charge in [-0.3, -0.25) is 4.79 Å². The molecule has 0 bridgehead atoms. The second kappa shape index (κ2) is 7.95. The van der Waals surface area contributed by atoms with Gasteiger partial charge >= 0.3 is 6.09 Å². The highest BCUT2D eigenvalue weighted by Gasteiger charge is 2.44. The summed E-state index contributed by atoms with van der Waals surface area (Å²) in [6.45, 7) is 6.29. The van der Waals surface area contributed by atoms with E-state index in [1.54, 1.807) is 0 Å². The number of amides is 2. The van der Waals surface area contributed by atoms with Crippen LogP contribution in [0.5, 0.6) is 11.5 Å². The van der Waals surface area contributed by atoms with E-state index < -0.39 is 11.9 Å². The van der Waals surface area contributed by atoms with E-state index in [4.69, 9.17) is 19.3 Å². The van der Waals surface area contributed by atoms with E-state index in [1.165, 1.54) is 0 Å². The van der Waals surface area contributed by atoms with Gasteiger partial charge in [-0.1, -0.05) is 12.1 Å². The lowest BCUT2D eigenvalue weighted by Crippen LogP contribution is -2.46. The summed E-state index contributed by atoms with van der Waals surface area (Å²) < 4.78 is 17.5. The van der Waals surface area contributed by atoms with Gasteiger partial charge in [0.25, 0.3) is 5.91 Å². The Morgan fingerprint density at radius 3 is 2.64 bits per heavy atom. The largest absolute Gasteiger partial charge is 0.492 e. The van der Waals surface area contributed by atoms with Crippen molar-refractivity contribution in [3.63, 3.8) is 0 Å². The summed E-state index contributed by atoms with van der Waals surface area (Å²) in [5, 5.41) is 11.3. The van der Waals surface area contributed by atoms with Crippen LogP contribution in [-0.2, 0) is 23.3 Å². The first-order valence-electron chi connectivity index (χ1n) is 11.2.